The largest absolute Gasteiger partial charge is 0.378 e. The zero-order valence-electron chi connectivity index (χ0n) is 14.5. The summed E-state index contributed by atoms with van der Waals surface area (Å²) < 4.78 is 8.61. The first-order valence-electron chi connectivity index (χ1n) is 8.81. The molecule has 1 aliphatic heterocycles. The van der Waals surface area contributed by atoms with Gasteiger partial charge in [0.15, 0.2) is 0 Å². The van der Waals surface area contributed by atoms with Gasteiger partial charge in [-0.1, -0.05) is 42.5 Å². The molecular formula is C20H21N3O3. The number of nitrogens with zero attached hydrogens (tertiary/aromatic N) is 3. The maximum absolute atomic E-state index is 13.0. The molecule has 0 atom stereocenters. The Labute approximate surface area is 151 Å². The van der Waals surface area contributed by atoms with Crippen LogP contribution in [0.2, 0.25) is 0 Å². The second-order valence-electron chi connectivity index (χ2n) is 6.42. The lowest BCUT2D eigenvalue weighted by molar-refractivity contribution is -0.135. The Balaban J connectivity index is 1.70. The molecule has 2 heterocycles. The van der Waals surface area contributed by atoms with Crippen LogP contribution in [0.25, 0.3) is 11.0 Å². The van der Waals surface area contributed by atoms with Gasteiger partial charge in [-0.25, -0.2) is 4.79 Å². The van der Waals surface area contributed by atoms with Crippen LogP contribution < -0.4 is 5.69 Å². The van der Waals surface area contributed by atoms with Crippen LogP contribution in [-0.4, -0.2) is 46.2 Å². The molecule has 1 aromatic heterocycles. The average molecular weight is 351 g/mol. The predicted octanol–water partition coefficient (Wildman–Crippen LogP) is 1.71. The van der Waals surface area contributed by atoms with Gasteiger partial charge in [-0.15, -0.1) is 0 Å². The number of morpholine rings is 1. The number of benzene rings is 2. The molecule has 0 unspecified atom stereocenters. The number of carbonyl (C=O) groups is 1. The number of imidazole rings is 1. The fourth-order valence-corrected chi connectivity index (χ4v) is 3.39. The molecule has 0 saturated carbocycles. The normalized spacial score (nSPS) is 14.7. The Kier molecular flexibility index (Phi) is 4.58. The van der Waals surface area contributed by atoms with E-state index < -0.39 is 0 Å². The van der Waals surface area contributed by atoms with Gasteiger partial charge in [0, 0.05) is 13.1 Å². The molecule has 6 heteroatoms. The topological polar surface area (TPSA) is 56.5 Å². The minimum atomic E-state index is -0.156. The van der Waals surface area contributed by atoms with E-state index in [9.17, 15) is 9.59 Å². The molecule has 1 aliphatic rings. The predicted molar refractivity (Wildman–Crippen MR) is 99.1 cm³/mol. The maximum atomic E-state index is 13.0. The number of carbonyl (C=O) groups excluding carboxylic acids is 1. The summed E-state index contributed by atoms with van der Waals surface area (Å²) >= 11 is 0. The van der Waals surface area contributed by atoms with Gasteiger partial charge in [0.1, 0.15) is 6.54 Å². The molecule has 1 fully saturated rings. The monoisotopic (exact) mass is 351 g/mol. The number of fused-ring (bicyclic) bond motifs is 1. The van der Waals surface area contributed by atoms with Crippen LogP contribution in [0.3, 0.4) is 0 Å². The minimum absolute atomic E-state index is 0.0435. The molecule has 26 heavy (non-hydrogen) atoms. The Bertz CT molecular complexity index is 969. The van der Waals surface area contributed by atoms with E-state index in [1.165, 1.54) is 0 Å². The van der Waals surface area contributed by atoms with E-state index in [1.807, 2.05) is 54.6 Å². The van der Waals surface area contributed by atoms with E-state index >= 15 is 0 Å². The fourth-order valence-electron chi connectivity index (χ4n) is 3.39. The minimum Gasteiger partial charge on any atom is -0.378 e. The number of aromatic nitrogens is 2. The van der Waals surface area contributed by atoms with Gasteiger partial charge in [0.05, 0.1) is 30.8 Å². The molecule has 0 N–H and O–H groups in total. The molecule has 4 rings (SSSR count). The summed E-state index contributed by atoms with van der Waals surface area (Å²) in [5.74, 6) is -0.0435. The average Bonchev–Trinajstić information content (AvgIpc) is 2.95. The summed E-state index contributed by atoms with van der Waals surface area (Å²) in [5.41, 5.74) is 2.53. The zero-order valence-corrected chi connectivity index (χ0v) is 14.5. The highest BCUT2D eigenvalue weighted by molar-refractivity contribution is 5.81. The second kappa shape index (κ2) is 7.17. The van der Waals surface area contributed by atoms with E-state index in [-0.39, 0.29) is 18.1 Å². The Morgan fingerprint density at radius 2 is 1.50 bits per heavy atom. The highest BCUT2D eigenvalue weighted by Gasteiger charge is 2.20. The third kappa shape index (κ3) is 3.15. The van der Waals surface area contributed by atoms with Crippen LogP contribution in [-0.2, 0) is 22.6 Å². The van der Waals surface area contributed by atoms with Crippen molar-refractivity contribution < 1.29 is 9.53 Å². The molecular weight excluding hydrogens is 330 g/mol. The lowest BCUT2D eigenvalue weighted by Gasteiger charge is -2.26. The van der Waals surface area contributed by atoms with Gasteiger partial charge in [-0.3, -0.25) is 13.9 Å². The Morgan fingerprint density at radius 3 is 2.19 bits per heavy atom. The molecule has 0 radical (unpaired) electrons. The van der Waals surface area contributed by atoms with Crippen LogP contribution >= 0.6 is 0 Å². The van der Waals surface area contributed by atoms with Crippen molar-refractivity contribution >= 4 is 16.9 Å². The lowest BCUT2D eigenvalue weighted by atomic mass is 10.2. The smallest absolute Gasteiger partial charge is 0.329 e. The number of hydrogen-bond acceptors (Lipinski definition) is 3. The van der Waals surface area contributed by atoms with Gasteiger partial charge >= 0.3 is 5.69 Å². The summed E-state index contributed by atoms with van der Waals surface area (Å²) in [7, 11) is 0. The van der Waals surface area contributed by atoms with Gasteiger partial charge in [-0.2, -0.15) is 0 Å². The van der Waals surface area contributed by atoms with Gasteiger partial charge in [0.2, 0.25) is 5.91 Å². The first-order valence-corrected chi connectivity index (χ1v) is 8.81. The molecule has 1 amide bonds. The molecule has 0 spiro atoms. The van der Waals surface area contributed by atoms with Crippen molar-refractivity contribution in [1.29, 1.82) is 0 Å². The van der Waals surface area contributed by atoms with Crippen molar-refractivity contribution in [2.45, 2.75) is 13.1 Å². The molecule has 3 aromatic rings. The quantitative estimate of drug-likeness (QED) is 0.719. The summed E-state index contributed by atoms with van der Waals surface area (Å²) in [4.78, 5) is 27.4. The molecule has 1 saturated heterocycles. The van der Waals surface area contributed by atoms with Crippen LogP contribution in [0.4, 0.5) is 0 Å². The molecule has 134 valence electrons. The van der Waals surface area contributed by atoms with Crippen molar-refractivity contribution in [3.63, 3.8) is 0 Å². The Morgan fingerprint density at radius 1 is 0.885 bits per heavy atom. The first-order chi connectivity index (χ1) is 12.7. The summed E-state index contributed by atoms with van der Waals surface area (Å²) in [6.07, 6.45) is 0. The SMILES string of the molecule is O=C(Cn1c(=O)n(Cc2ccccc2)c2ccccc21)N1CCOCC1. The number of amides is 1. The zero-order chi connectivity index (χ0) is 17.9. The van der Waals surface area contributed by atoms with E-state index in [4.69, 9.17) is 4.74 Å². The van der Waals surface area contributed by atoms with Crippen molar-refractivity contribution in [1.82, 2.24) is 14.0 Å². The van der Waals surface area contributed by atoms with Crippen molar-refractivity contribution in [2.75, 3.05) is 26.3 Å². The van der Waals surface area contributed by atoms with Crippen LogP contribution in [0.1, 0.15) is 5.56 Å². The first kappa shape index (κ1) is 16.6. The molecule has 0 aliphatic carbocycles. The van der Waals surface area contributed by atoms with E-state index in [1.54, 1.807) is 14.0 Å². The standard InChI is InChI=1S/C20H21N3O3/c24-19(21-10-12-26-13-11-21)15-23-18-9-5-4-8-17(18)22(20(23)25)14-16-6-2-1-3-7-16/h1-9H,10-15H2. The van der Waals surface area contributed by atoms with Crippen LogP contribution in [0.15, 0.2) is 59.4 Å². The van der Waals surface area contributed by atoms with Crippen LogP contribution in [0, 0.1) is 0 Å². The summed E-state index contributed by atoms with van der Waals surface area (Å²) in [6, 6.07) is 17.5. The summed E-state index contributed by atoms with van der Waals surface area (Å²) in [6.45, 7) is 2.80. The fraction of sp³-hybridized carbons (Fsp3) is 0.300. The third-order valence-electron chi connectivity index (χ3n) is 4.77. The number of rotatable bonds is 4. The van der Waals surface area contributed by atoms with Crippen LogP contribution in [0.5, 0.6) is 0 Å². The van der Waals surface area contributed by atoms with Crippen molar-refractivity contribution in [3.8, 4) is 0 Å². The summed E-state index contributed by atoms with van der Waals surface area (Å²) in [5, 5.41) is 0. The highest BCUT2D eigenvalue weighted by atomic mass is 16.5. The van der Waals surface area contributed by atoms with E-state index in [0.717, 1.165) is 16.6 Å². The second-order valence-corrected chi connectivity index (χ2v) is 6.42. The lowest BCUT2D eigenvalue weighted by Crippen LogP contribution is -2.43. The maximum Gasteiger partial charge on any atom is 0.329 e. The van der Waals surface area contributed by atoms with Gasteiger partial charge in [0.25, 0.3) is 0 Å². The third-order valence-corrected chi connectivity index (χ3v) is 4.77. The number of hydrogen-bond donors (Lipinski definition) is 0. The number of para-hydroxylation sites is 2. The van der Waals surface area contributed by atoms with Crippen molar-refractivity contribution in [3.05, 3.63) is 70.6 Å². The Hall–Kier alpha value is -2.86. The highest BCUT2D eigenvalue weighted by Crippen LogP contribution is 2.15. The number of ether oxygens (including phenoxy) is 1. The van der Waals surface area contributed by atoms with E-state index in [0.29, 0.717) is 32.8 Å². The van der Waals surface area contributed by atoms with Crippen molar-refractivity contribution in [2.24, 2.45) is 0 Å². The van der Waals surface area contributed by atoms with Gasteiger partial charge < -0.3 is 9.64 Å². The van der Waals surface area contributed by atoms with E-state index in [2.05, 4.69) is 0 Å². The molecule has 2 aromatic carbocycles. The molecule has 6 nitrogen and oxygen atoms in total. The molecule has 0 bridgehead atoms. The van der Waals surface area contributed by atoms with Gasteiger partial charge in [-0.05, 0) is 17.7 Å².